The molecular weight excluding hydrogens is 1090 g/mol. The van der Waals surface area contributed by atoms with Crippen molar-refractivity contribution in [2.75, 3.05) is 0 Å². The van der Waals surface area contributed by atoms with Crippen molar-refractivity contribution in [2.24, 2.45) is 9.98 Å². The molecule has 82 heavy (non-hydrogen) atoms. The van der Waals surface area contributed by atoms with Crippen molar-refractivity contribution in [3.05, 3.63) is 190 Å². The van der Waals surface area contributed by atoms with Gasteiger partial charge in [-0.2, -0.15) is 20.3 Å². The molecule has 4 aromatic heterocycles. The second-order valence-electron chi connectivity index (χ2n) is 18.4. The maximum atomic E-state index is 14.6. The fraction of sp³-hybridized carbons (Fsp3) is 0.100. The number of nitrogens with zero attached hydrogens (tertiary/aromatic N) is 8. The second kappa shape index (κ2) is 22.1. The maximum Gasteiger partial charge on any atom is 0.424 e. The van der Waals surface area contributed by atoms with E-state index in [2.05, 4.69) is 9.98 Å². The van der Waals surface area contributed by atoms with E-state index in [1.165, 1.54) is 35.1 Å². The van der Waals surface area contributed by atoms with Crippen LogP contribution in [-0.4, -0.2) is 78.4 Å². The molecule has 0 fully saturated rings. The topological polar surface area (TPSA) is 262 Å². The van der Waals surface area contributed by atoms with E-state index < -0.39 is 70.6 Å². The minimum Gasteiger partial charge on any atom is -0.444 e. The highest BCUT2D eigenvalue weighted by Gasteiger charge is 2.43. The monoisotopic (exact) mass is 1130 g/mol. The van der Waals surface area contributed by atoms with Crippen LogP contribution in [0.4, 0.5) is 29.2 Å². The molecule has 9 aromatic rings. The molecule has 0 aliphatic carbocycles. The molecule has 2 aliphatic heterocycles. The zero-order valence-corrected chi connectivity index (χ0v) is 44.6. The fourth-order valence-corrected chi connectivity index (χ4v) is 11.3. The van der Waals surface area contributed by atoms with Crippen molar-refractivity contribution < 1.29 is 57.3 Å². The summed E-state index contributed by atoms with van der Waals surface area (Å²) in [6, 6.07) is 44.9. The van der Waals surface area contributed by atoms with Crippen molar-refractivity contribution in [1.29, 1.82) is 10.5 Å². The van der Waals surface area contributed by atoms with Gasteiger partial charge < -0.3 is 18.9 Å². The van der Waals surface area contributed by atoms with E-state index in [9.17, 15) is 48.9 Å². The third kappa shape index (κ3) is 9.76. The first-order valence-corrected chi connectivity index (χ1v) is 26.4. The van der Waals surface area contributed by atoms with Crippen LogP contribution in [0.5, 0.6) is 0 Å². The van der Waals surface area contributed by atoms with Gasteiger partial charge in [-0.25, -0.2) is 38.3 Å². The molecule has 22 heteroatoms. The Bertz CT molecular complexity index is 4160. The number of fused-ring (bicyclic) bond motifs is 6. The minimum absolute atomic E-state index is 0.104. The quantitative estimate of drug-likeness (QED) is 0.0911. The van der Waals surface area contributed by atoms with Crippen LogP contribution in [0.2, 0.25) is 0 Å². The number of benzene rings is 5. The zero-order chi connectivity index (χ0) is 57.3. The summed E-state index contributed by atoms with van der Waals surface area (Å²) in [7, 11) is 0. The summed E-state index contributed by atoms with van der Waals surface area (Å²) in [5.41, 5.74) is 1.50. The molecule has 0 unspecified atom stereocenters. The average molecular weight is 1130 g/mol. The fourth-order valence-electron chi connectivity index (χ4n) is 9.24. The van der Waals surface area contributed by atoms with Crippen molar-refractivity contribution in [1.82, 2.24) is 18.9 Å². The van der Waals surface area contributed by atoms with Crippen LogP contribution in [0, 0.1) is 22.7 Å². The van der Waals surface area contributed by atoms with Crippen molar-refractivity contribution >= 4 is 134 Å². The van der Waals surface area contributed by atoms with Gasteiger partial charge in [0.05, 0.1) is 31.5 Å². The number of hydrogen-bond donors (Lipinski definition) is 0. The molecule has 0 saturated carbocycles. The Balaban J connectivity index is 1.05. The van der Waals surface area contributed by atoms with Gasteiger partial charge in [0.2, 0.25) is 0 Å². The molecule has 0 N–H and O–H groups in total. The Hall–Kier alpha value is -10.9. The summed E-state index contributed by atoms with van der Waals surface area (Å²) in [6.07, 6.45) is -4.31. The van der Waals surface area contributed by atoms with Gasteiger partial charge in [0.1, 0.15) is 71.1 Å². The molecule has 0 bridgehead atoms. The van der Waals surface area contributed by atoms with Crippen molar-refractivity contribution in [3.63, 3.8) is 0 Å². The summed E-state index contributed by atoms with van der Waals surface area (Å²) < 4.78 is 25.9. The van der Waals surface area contributed by atoms with Crippen LogP contribution in [0.3, 0.4) is 0 Å². The number of imide groups is 6. The summed E-state index contributed by atoms with van der Waals surface area (Å²) in [4.78, 5) is 121. The van der Waals surface area contributed by atoms with Crippen LogP contribution >= 0.6 is 22.7 Å². The van der Waals surface area contributed by atoms with E-state index >= 15 is 0 Å². The number of aromatic nitrogens is 2. The second-order valence-corrected chi connectivity index (χ2v) is 20.4. The van der Waals surface area contributed by atoms with Crippen molar-refractivity contribution in [3.8, 4) is 12.1 Å². The highest BCUT2D eigenvalue weighted by atomic mass is 32.1. The highest BCUT2D eigenvalue weighted by Crippen LogP contribution is 2.46. The first kappa shape index (κ1) is 53.1. The molecule has 6 amide bonds. The van der Waals surface area contributed by atoms with Crippen LogP contribution in [0.25, 0.3) is 42.2 Å². The SMILES string of the molecule is CC1=C(C#N)C(=O)N(C(=O)OCc2ccccc2)C(=O)C1=Nc1cc2c(s1)c1cc3c(cc1n2C(=O)OCc1ccccc1)c1sc(N=C2C(=O)N(C(=O)OCc4ccccc4)C(=O)C(C#N)=C2C)cc1n3C(=O)OCc1ccccc1. The molecule has 0 saturated heterocycles. The minimum atomic E-state index is -1.32. The van der Waals surface area contributed by atoms with Gasteiger partial charge >= 0.3 is 24.4 Å². The Kier molecular flexibility index (Phi) is 14.3. The molecule has 0 atom stereocenters. The van der Waals surface area contributed by atoms with E-state index in [4.69, 9.17) is 18.9 Å². The van der Waals surface area contributed by atoms with E-state index in [1.807, 2.05) is 12.1 Å². The van der Waals surface area contributed by atoms with E-state index in [-0.39, 0.29) is 68.4 Å². The predicted molar refractivity (Wildman–Crippen MR) is 300 cm³/mol. The number of thiophene rings is 2. The van der Waals surface area contributed by atoms with Crippen LogP contribution in [0.1, 0.15) is 36.1 Å². The van der Waals surface area contributed by atoms with E-state index in [1.54, 1.807) is 133 Å². The first-order valence-electron chi connectivity index (χ1n) is 24.8. The number of carbonyl (C=O) groups is 8. The van der Waals surface area contributed by atoms with Gasteiger partial charge in [-0.15, -0.1) is 22.7 Å². The summed E-state index contributed by atoms with van der Waals surface area (Å²) in [5, 5.41) is 21.2. The first-order chi connectivity index (χ1) is 39.7. The molecule has 11 rings (SSSR count). The number of amides is 6. The lowest BCUT2D eigenvalue weighted by atomic mass is 9.99. The maximum absolute atomic E-state index is 14.6. The number of ether oxygens (including phenoxy) is 4. The molecule has 0 spiro atoms. The average Bonchev–Trinajstić information content (AvgIpc) is 4.40. The molecule has 402 valence electrons. The van der Waals surface area contributed by atoms with E-state index in [0.29, 0.717) is 53.5 Å². The van der Waals surface area contributed by atoms with Gasteiger partial charge in [0.25, 0.3) is 23.6 Å². The lowest BCUT2D eigenvalue weighted by Gasteiger charge is -2.24. The van der Waals surface area contributed by atoms with Crippen LogP contribution < -0.4 is 0 Å². The summed E-state index contributed by atoms with van der Waals surface area (Å²) in [6.45, 7) is 1.86. The standard InChI is InChI=1S/C60H38N8O12S2/c1-33-41(27-61)53(69)67(59(75)79-31-37-19-11-5-12-20-37)55(71)49(33)63-47-25-45-51(81-47)39-23-44-40(24-43(39)65(45)57(73)77-29-35-15-7-3-8-16-35)52-46(66(44)58(74)78-30-36-17-9-4-10-18-36)26-48(82-52)64-50-34(2)42(28-62)54(70)68(56(50)72)60(76)80-32-38-21-13-6-14-22-38/h3-26H,29-32H2,1-2H3. The largest absolute Gasteiger partial charge is 0.444 e. The number of hydrogen-bond acceptors (Lipinski definition) is 18. The molecular formula is C60H38N8O12S2. The molecule has 0 radical (unpaired) electrons. The summed E-state index contributed by atoms with van der Waals surface area (Å²) in [5.74, 6) is -4.67. The molecule has 5 aromatic carbocycles. The zero-order valence-electron chi connectivity index (χ0n) is 43.0. The number of carbonyl (C=O) groups excluding carboxylic acids is 8. The Labute approximate surface area is 471 Å². The van der Waals surface area contributed by atoms with Gasteiger partial charge in [-0.05, 0) is 60.4 Å². The Morgan fingerprint density at radius 2 is 0.744 bits per heavy atom. The Morgan fingerprint density at radius 1 is 0.439 bits per heavy atom. The normalized spacial score (nSPS) is 14.8. The van der Waals surface area contributed by atoms with E-state index in [0.717, 1.165) is 22.7 Å². The molecule has 2 aliphatic rings. The third-order valence-corrected chi connectivity index (χ3v) is 15.4. The number of rotatable bonds is 10. The van der Waals surface area contributed by atoms with Gasteiger partial charge in [-0.3, -0.25) is 19.2 Å². The molecule has 6 heterocycles. The summed E-state index contributed by atoms with van der Waals surface area (Å²) >= 11 is 2.04. The predicted octanol–water partition coefficient (Wildman–Crippen LogP) is 11.6. The van der Waals surface area contributed by atoms with Gasteiger partial charge in [0.15, 0.2) is 0 Å². The smallest absolute Gasteiger partial charge is 0.424 e. The van der Waals surface area contributed by atoms with Crippen LogP contribution in [-0.2, 0) is 64.6 Å². The number of aliphatic imine (C=N–C) groups is 2. The van der Waals surface area contributed by atoms with Crippen LogP contribution in [0.15, 0.2) is 178 Å². The number of nitriles is 2. The third-order valence-electron chi connectivity index (χ3n) is 13.3. The highest BCUT2D eigenvalue weighted by molar-refractivity contribution is 7.24. The lowest BCUT2D eigenvalue weighted by Crippen LogP contribution is -2.50. The molecule has 20 nitrogen and oxygen atoms in total. The van der Waals surface area contributed by atoms with Crippen molar-refractivity contribution in [2.45, 2.75) is 40.3 Å². The lowest BCUT2D eigenvalue weighted by molar-refractivity contribution is -0.138. The van der Waals surface area contributed by atoms with Gasteiger partial charge in [0, 0.05) is 21.9 Å². The Morgan fingerprint density at radius 3 is 1.05 bits per heavy atom. The van der Waals surface area contributed by atoms with Gasteiger partial charge in [-0.1, -0.05) is 121 Å².